The van der Waals surface area contributed by atoms with Crippen LogP contribution in [-0.4, -0.2) is 32.7 Å². The number of amides is 1. The second-order valence-electron chi connectivity index (χ2n) is 4.74. The number of aryl methyl sites for hydroxylation is 1. The van der Waals surface area contributed by atoms with Crippen molar-refractivity contribution in [2.75, 3.05) is 26.8 Å². The Labute approximate surface area is 122 Å². The quantitative estimate of drug-likeness (QED) is 0.763. The van der Waals surface area contributed by atoms with Gasteiger partial charge >= 0.3 is 0 Å². The van der Waals surface area contributed by atoms with E-state index in [1.165, 1.54) is 12.1 Å². The second kappa shape index (κ2) is 7.19. The van der Waals surface area contributed by atoms with Crippen LogP contribution < -0.4 is 10.6 Å². The summed E-state index contributed by atoms with van der Waals surface area (Å²) >= 11 is 0. The fraction of sp³-hybridized carbons (Fsp3) is 0.400. The molecule has 21 heavy (non-hydrogen) atoms. The number of nitrogens with one attached hydrogen (secondary N) is 2. The smallest absolute Gasteiger partial charge is 0.234 e. The summed E-state index contributed by atoms with van der Waals surface area (Å²) in [5.74, 6) is 0.210. The molecule has 0 bridgehead atoms. The van der Waals surface area contributed by atoms with Gasteiger partial charge < -0.3 is 19.8 Å². The Hall–Kier alpha value is -1.92. The number of carbonyl (C=O) groups is 1. The van der Waals surface area contributed by atoms with Crippen molar-refractivity contribution in [3.8, 4) is 0 Å². The molecular weight excluding hydrogens is 275 g/mol. The van der Waals surface area contributed by atoms with Crippen molar-refractivity contribution in [2.45, 2.75) is 13.5 Å². The van der Waals surface area contributed by atoms with Crippen molar-refractivity contribution in [2.24, 2.45) is 0 Å². The zero-order valence-electron chi connectivity index (χ0n) is 12.2. The molecule has 1 aromatic carbocycles. The van der Waals surface area contributed by atoms with E-state index in [0.29, 0.717) is 24.5 Å². The predicted octanol–water partition coefficient (Wildman–Crippen LogP) is 1.73. The van der Waals surface area contributed by atoms with Crippen LogP contribution in [0.2, 0.25) is 0 Å². The minimum absolute atomic E-state index is 0.128. The van der Waals surface area contributed by atoms with Crippen LogP contribution in [0.15, 0.2) is 22.6 Å². The molecule has 0 radical (unpaired) electrons. The number of rotatable bonds is 7. The van der Waals surface area contributed by atoms with E-state index in [1.807, 2.05) is 6.92 Å². The second-order valence-corrected chi connectivity index (χ2v) is 4.74. The third-order valence-corrected chi connectivity index (χ3v) is 3.21. The molecule has 5 nitrogen and oxygen atoms in total. The summed E-state index contributed by atoms with van der Waals surface area (Å²) in [6, 6.07) is 4.38. The minimum Gasteiger partial charge on any atom is -0.459 e. The van der Waals surface area contributed by atoms with Gasteiger partial charge in [-0.05, 0) is 25.1 Å². The van der Waals surface area contributed by atoms with Crippen LogP contribution in [0.5, 0.6) is 0 Å². The Balaban J connectivity index is 1.91. The number of fused-ring (bicyclic) bond motifs is 1. The first-order valence-corrected chi connectivity index (χ1v) is 6.75. The lowest BCUT2D eigenvalue weighted by Crippen LogP contribution is -2.34. The summed E-state index contributed by atoms with van der Waals surface area (Å²) in [5, 5.41) is 6.45. The first-order chi connectivity index (χ1) is 10.1. The van der Waals surface area contributed by atoms with Gasteiger partial charge in [-0.3, -0.25) is 4.79 Å². The largest absolute Gasteiger partial charge is 0.459 e. The van der Waals surface area contributed by atoms with E-state index in [0.717, 1.165) is 10.9 Å². The van der Waals surface area contributed by atoms with Gasteiger partial charge in [0, 0.05) is 24.6 Å². The minimum atomic E-state index is -0.302. The molecule has 1 heterocycles. The zero-order chi connectivity index (χ0) is 15.2. The number of methoxy groups -OCH3 is 1. The summed E-state index contributed by atoms with van der Waals surface area (Å²) in [4.78, 5) is 11.6. The van der Waals surface area contributed by atoms with Gasteiger partial charge in [-0.1, -0.05) is 0 Å². The van der Waals surface area contributed by atoms with Crippen LogP contribution in [0.25, 0.3) is 11.0 Å². The van der Waals surface area contributed by atoms with Crippen LogP contribution in [0.1, 0.15) is 11.3 Å². The van der Waals surface area contributed by atoms with E-state index < -0.39 is 0 Å². The fourth-order valence-corrected chi connectivity index (χ4v) is 2.03. The van der Waals surface area contributed by atoms with Gasteiger partial charge in [0.05, 0.1) is 19.7 Å². The maximum Gasteiger partial charge on any atom is 0.234 e. The first-order valence-electron chi connectivity index (χ1n) is 6.75. The molecule has 0 aliphatic carbocycles. The number of benzene rings is 1. The van der Waals surface area contributed by atoms with Crippen molar-refractivity contribution in [1.29, 1.82) is 0 Å². The summed E-state index contributed by atoms with van der Waals surface area (Å²) in [6.07, 6.45) is 0. The summed E-state index contributed by atoms with van der Waals surface area (Å²) < 4.78 is 23.7. The van der Waals surface area contributed by atoms with E-state index in [1.54, 1.807) is 13.2 Å². The maximum absolute atomic E-state index is 13.2. The van der Waals surface area contributed by atoms with E-state index in [-0.39, 0.29) is 24.8 Å². The molecule has 2 N–H and O–H groups in total. The molecule has 0 aliphatic heterocycles. The highest BCUT2D eigenvalue weighted by Crippen LogP contribution is 2.25. The first kappa shape index (κ1) is 15.5. The lowest BCUT2D eigenvalue weighted by Gasteiger charge is -2.05. The topological polar surface area (TPSA) is 63.5 Å². The van der Waals surface area contributed by atoms with Crippen LogP contribution in [-0.2, 0) is 16.1 Å². The van der Waals surface area contributed by atoms with Crippen LogP contribution in [0.4, 0.5) is 4.39 Å². The van der Waals surface area contributed by atoms with Crippen molar-refractivity contribution in [1.82, 2.24) is 10.6 Å². The summed E-state index contributed by atoms with van der Waals surface area (Å²) in [6.45, 7) is 3.53. The number of halogens is 1. The Morgan fingerprint density at radius 2 is 2.24 bits per heavy atom. The highest BCUT2D eigenvalue weighted by atomic mass is 19.1. The number of hydrogen-bond acceptors (Lipinski definition) is 4. The maximum atomic E-state index is 13.2. The molecule has 0 fully saturated rings. The van der Waals surface area contributed by atoms with Crippen molar-refractivity contribution in [3.63, 3.8) is 0 Å². The molecule has 0 saturated heterocycles. The van der Waals surface area contributed by atoms with Crippen molar-refractivity contribution in [3.05, 3.63) is 35.3 Å². The van der Waals surface area contributed by atoms with Crippen LogP contribution >= 0.6 is 0 Å². The zero-order valence-corrected chi connectivity index (χ0v) is 12.2. The van der Waals surface area contributed by atoms with E-state index in [4.69, 9.17) is 9.15 Å². The number of hydrogen-bond donors (Lipinski definition) is 2. The summed E-state index contributed by atoms with van der Waals surface area (Å²) in [5.41, 5.74) is 1.47. The molecule has 0 saturated carbocycles. The van der Waals surface area contributed by atoms with Crippen LogP contribution in [0.3, 0.4) is 0 Å². The molecule has 1 amide bonds. The fourth-order valence-electron chi connectivity index (χ4n) is 2.03. The van der Waals surface area contributed by atoms with E-state index in [9.17, 15) is 9.18 Å². The molecule has 0 aliphatic rings. The van der Waals surface area contributed by atoms with E-state index >= 15 is 0 Å². The Bertz CT molecular complexity index is 625. The third kappa shape index (κ3) is 4.03. The Morgan fingerprint density at radius 3 is 3.00 bits per heavy atom. The van der Waals surface area contributed by atoms with Crippen molar-refractivity contribution < 1.29 is 18.3 Å². The SMILES string of the molecule is COCCNCC(=O)NCc1oc2ccc(F)cc2c1C. The number of furan rings is 1. The average Bonchev–Trinajstić information content (AvgIpc) is 2.78. The Morgan fingerprint density at radius 1 is 1.43 bits per heavy atom. The highest BCUT2D eigenvalue weighted by Gasteiger charge is 2.12. The van der Waals surface area contributed by atoms with Gasteiger partial charge in [0.2, 0.25) is 5.91 Å². The number of carbonyl (C=O) groups excluding carboxylic acids is 1. The predicted molar refractivity (Wildman–Crippen MR) is 77.5 cm³/mol. The molecule has 0 spiro atoms. The van der Waals surface area contributed by atoms with E-state index in [2.05, 4.69) is 10.6 Å². The molecule has 1 aromatic heterocycles. The normalized spacial score (nSPS) is 11.0. The van der Waals surface area contributed by atoms with Crippen LogP contribution in [0, 0.1) is 12.7 Å². The van der Waals surface area contributed by atoms with Gasteiger partial charge in [-0.15, -0.1) is 0 Å². The molecule has 2 aromatic rings. The monoisotopic (exact) mass is 294 g/mol. The van der Waals surface area contributed by atoms with Gasteiger partial charge in [0.1, 0.15) is 17.2 Å². The van der Waals surface area contributed by atoms with Gasteiger partial charge in [-0.2, -0.15) is 0 Å². The van der Waals surface area contributed by atoms with Crippen molar-refractivity contribution >= 4 is 16.9 Å². The highest BCUT2D eigenvalue weighted by molar-refractivity contribution is 5.82. The molecule has 2 rings (SSSR count). The molecule has 114 valence electrons. The molecular formula is C15H19FN2O3. The van der Waals surface area contributed by atoms with Gasteiger partial charge in [-0.25, -0.2) is 4.39 Å². The van der Waals surface area contributed by atoms with Gasteiger partial charge in [0.15, 0.2) is 0 Å². The molecule has 0 atom stereocenters. The molecule has 6 heteroatoms. The lowest BCUT2D eigenvalue weighted by atomic mass is 10.1. The van der Waals surface area contributed by atoms with Gasteiger partial charge in [0.25, 0.3) is 0 Å². The summed E-state index contributed by atoms with van der Waals surface area (Å²) in [7, 11) is 1.61. The molecule has 0 unspecified atom stereocenters. The lowest BCUT2D eigenvalue weighted by molar-refractivity contribution is -0.120. The Kier molecular flexibility index (Phi) is 5.30. The number of ether oxygens (including phenoxy) is 1. The standard InChI is InChI=1S/C15H19FN2O3/c1-10-12-7-11(16)3-4-13(12)21-14(10)8-18-15(19)9-17-5-6-20-2/h3-4,7,17H,5-6,8-9H2,1-2H3,(H,18,19). The third-order valence-electron chi connectivity index (χ3n) is 3.21. The average molecular weight is 294 g/mol.